The van der Waals surface area contributed by atoms with Crippen LogP contribution in [-0.4, -0.2) is 65.2 Å². The molecule has 0 radical (unpaired) electrons. The number of aromatic nitrogens is 1. The second kappa shape index (κ2) is 11.1. The third-order valence-electron chi connectivity index (χ3n) is 6.21. The molecule has 8 nitrogen and oxygen atoms in total. The number of piperidine rings is 1. The lowest BCUT2D eigenvalue weighted by atomic mass is 9.92. The molecule has 2 aliphatic rings. The van der Waals surface area contributed by atoms with Gasteiger partial charge in [0.15, 0.2) is 0 Å². The van der Waals surface area contributed by atoms with E-state index in [0.29, 0.717) is 51.9 Å². The van der Waals surface area contributed by atoms with Crippen LogP contribution in [0.3, 0.4) is 0 Å². The van der Waals surface area contributed by atoms with Crippen LogP contribution in [0.15, 0.2) is 24.5 Å². The van der Waals surface area contributed by atoms with Crippen molar-refractivity contribution in [2.45, 2.75) is 45.1 Å². The van der Waals surface area contributed by atoms with Gasteiger partial charge in [0.2, 0.25) is 17.7 Å². The first kappa shape index (κ1) is 22.2. The lowest BCUT2D eigenvalue weighted by Crippen LogP contribution is -2.44. The molecular weight excluding hydrogens is 382 g/mol. The average molecular weight is 416 g/mol. The largest absolute Gasteiger partial charge is 0.369 e. The van der Waals surface area contributed by atoms with Crippen molar-refractivity contribution >= 4 is 17.7 Å². The zero-order valence-corrected chi connectivity index (χ0v) is 17.6. The van der Waals surface area contributed by atoms with Crippen molar-refractivity contribution in [1.29, 1.82) is 0 Å². The number of nitrogens with two attached hydrogens (primary N) is 1. The normalized spacial score (nSPS) is 22.7. The van der Waals surface area contributed by atoms with Crippen LogP contribution in [0.25, 0.3) is 0 Å². The maximum Gasteiger partial charge on any atom is 0.225 e. The first-order valence-corrected chi connectivity index (χ1v) is 11.0. The van der Waals surface area contributed by atoms with E-state index in [4.69, 9.17) is 5.73 Å². The fraction of sp³-hybridized carbons (Fsp3) is 0.636. The summed E-state index contributed by atoms with van der Waals surface area (Å²) in [6.45, 7) is 4.02. The van der Waals surface area contributed by atoms with Crippen LogP contribution >= 0.6 is 0 Å². The van der Waals surface area contributed by atoms with Crippen LogP contribution < -0.4 is 11.1 Å². The number of likely N-dealkylation sites (tertiary alicyclic amines) is 1. The van der Waals surface area contributed by atoms with Crippen molar-refractivity contribution in [3.05, 3.63) is 30.1 Å². The van der Waals surface area contributed by atoms with Crippen LogP contribution in [0, 0.1) is 11.8 Å². The highest BCUT2D eigenvalue weighted by molar-refractivity contribution is 5.80. The van der Waals surface area contributed by atoms with Crippen LogP contribution in [0.4, 0.5) is 0 Å². The molecule has 164 valence electrons. The third kappa shape index (κ3) is 6.52. The van der Waals surface area contributed by atoms with Crippen molar-refractivity contribution in [2.24, 2.45) is 17.6 Å². The average Bonchev–Trinajstić information content (AvgIpc) is 2.80. The molecule has 0 aliphatic carbocycles. The highest BCUT2D eigenvalue weighted by atomic mass is 16.2. The molecule has 30 heavy (non-hydrogen) atoms. The smallest absolute Gasteiger partial charge is 0.225 e. The Morgan fingerprint density at radius 2 is 1.77 bits per heavy atom. The number of nitrogens with zero attached hydrogens (tertiary/aromatic N) is 3. The number of rotatable bonds is 4. The van der Waals surface area contributed by atoms with Gasteiger partial charge < -0.3 is 16.0 Å². The number of carbonyl (C=O) groups is 3. The Labute approximate surface area is 178 Å². The van der Waals surface area contributed by atoms with Gasteiger partial charge in [-0.05, 0) is 56.3 Å². The highest BCUT2D eigenvalue weighted by Crippen LogP contribution is 2.22. The van der Waals surface area contributed by atoms with Crippen LogP contribution in [-0.2, 0) is 20.9 Å². The third-order valence-corrected chi connectivity index (χ3v) is 6.21. The number of amides is 3. The quantitative estimate of drug-likeness (QED) is 0.760. The van der Waals surface area contributed by atoms with Crippen LogP contribution in [0.5, 0.6) is 0 Å². The fourth-order valence-corrected chi connectivity index (χ4v) is 4.35. The van der Waals surface area contributed by atoms with E-state index in [9.17, 15) is 14.4 Å². The second-order valence-corrected chi connectivity index (χ2v) is 8.36. The summed E-state index contributed by atoms with van der Waals surface area (Å²) in [6, 6.07) is 3.99. The number of nitrogens with one attached hydrogen (secondary N) is 1. The summed E-state index contributed by atoms with van der Waals surface area (Å²) in [7, 11) is 0. The lowest BCUT2D eigenvalue weighted by Gasteiger charge is -2.33. The summed E-state index contributed by atoms with van der Waals surface area (Å²) in [5.41, 5.74) is 6.58. The summed E-state index contributed by atoms with van der Waals surface area (Å²) < 4.78 is 0. The summed E-state index contributed by atoms with van der Waals surface area (Å²) in [4.78, 5) is 44.9. The highest BCUT2D eigenvalue weighted by Gasteiger charge is 2.30. The Balaban J connectivity index is 1.58. The molecule has 0 bridgehead atoms. The number of primary amides is 1. The number of hydrogen-bond acceptors (Lipinski definition) is 5. The topological polar surface area (TPSA) is 109 Å². The van der Waals surface area contributed by atoms with Gasteiger partial charge >= 0.3 is 0 Å². The molecule has 1 atom stereocenters. The van der Waals surface area contributed by atoms with Gasteiger partial charge in [0, 0.05) is 63.4 Å². The Hall–Kier alpha value is -2.48. The lowest BCUT2D eigenvalue weighted by molar-refractivity contribution is -0.139. The number of carbonyl (C=O) groups excluding carboxylic acids is 3. The van der Waals surface area contributed by atoms with E-state index in [1.165, 1.54) is 5.56 Å². The monoisotopic (exact) mass is 415 g/mol. The van der Waals surface area contributed by atoms with E-state index in [1.807, 2.05) is 17.0 Å². The summed E-state index contributed by atoms with van der Waals surface area (Å²) in [5.74, 6) is -0.315. The minimum atomic E-state index is -0.269. The summed E-state index contributed by atoms with van der Waals surface area (Å²) in [5, 5.41) is 2.97. The summed E-state index contributed by atoms with van der Waals surface area (Å²) in [6.07, 6.45) is 7.68. The van der Waals surface area contributed by atoms with Crippen molar-refractivity contribution in [3.8, 4) is 0 Å². The van der Waals surface area contributed by atoms with Crippen molar-refractivity contribution < 1.29 is 14.4 Å². The Kier molecular flexibility index (Phi) is 8.19. The minimum Gasteiger partial charge on any atom is -0.369 e. The first-order valence-electron chi connectivity index (χ1n) is 11.0. The molecule has 3 rings (SSSR count). The number of pyridine rings is 1. The van der Waals surface area contributed by atoms with E-state index in [0.717, 1.165) is 25.9 Å². The van der Waals surface area contributed by atoms with E-state index < -0.39 is 0 Å². The molecule has 1 unspecified atom stereocenters. The van der Waals surface area contributed by atoms with Gasteiger partial charge in [0.25, 0.3) is 0 Å². The molecule has 1 aromatic heterocycles. The van der Waals surface area contributed by atoms with Gasteiger partial charge in [-0.3, -0.25) is 24.3 Å². The Morgan fingerprint density at radius 1 is 1.03 bits per heavy atom. The predicted molar refractivity (Wildman–Crippen MR) is 113 cm³/mol. The molecule has 0 saturated carbocycles. The van der Waals surface area contributed by atoms with Gasteiger partial charge in [-0.2, -0.15) is 0 Å². The van der Waals surface area contributed by atoms with Gasteiger partial charge in [-0.1, -0.05) is 0 Å². The first-order chi connectivity index (χ1) is 14.5. The van der Waals surface area contributed by atoms with Gasteiger partial charge in [-0.15, -0.1) is 0 Å². The van der Waals surface area contributed by atoms with E-state index in [2.05, 4.69) is 15.2 Å². The fourth-order valence-electron chi connectivity index (χ4n) is 4.35. The molecule has 8 heteroatoms. The molecule has 2 saturated heterocycles. The molecule has 1 aromatic rings. The molecule has 2 fully saturated rings. The van der Waals surface area contributed by atoms with Crippen LogP contribution in [0.1, 0.15) is 44.1 Å². The van der Waals surface area contributed by atoms with Crippen molar-refractivity contribution in [1.82, 2.24) is 20.1 Å². The zero-order chi connectivity index (χ0) is 21.3. The molecule has 3 N–H and O–H groups in total. The number of hydrogen-bond donors (Lipinski definition) is 2. The standard InChI is InChI=1S/C22H33N5O3/c23-21(29)18-6-14-27(15-7-18)22(30)19-2-1-12-26(13-8-20(28)25-11-5-19)16-17-3-9-24-10-4-17/h3-4,9-10,18-19H,1-2,5-8,11-16H2,(H2,23,29)(H,25,28). The second-order valence-electron chi connectivity index (χ2n) is 8.36. The summed E-state index contributed by atoms with van der Waals surface area (Å²) >= 11 is 0. The zero-order valence-electron chi connectivity index (χ0n) is 17.6. The van der Waals surface area contributed by atoms with Gasteiger partial charge in [0.05, 0.1) is 0 Å². The molecule has 2 aliphatic heterocycles. The van der Waals surface area contributed by atoms with E-state index in [-0.39, 0.29) is 29.6 Å². The molecule has 0 spiro atoms. The SMILES string of the molecule is NC(=O)C1CCN(C(=O)C2CCCN(Cc3ccncc3)CCC(=O)NCC2)CC1. The minimum absolute atomic E-state index is 0.0325. The van der Waals surface area contributed by atoms with Gasteiger partial charge in [0.1, 0.15) is 0 Å². The Morgan fingerprint density at radius 3 is 2.47 bits per heavy atom. The van der Waals surface area contributed by atoms with E-state index in [1.54, 1.807) is 12.4 Å². The molecule has 0 aromatic carbocycles. The molecule has 3 amide bonds. The van der Waals surface area contributed by atoms with Crippen molar-refractivity contribution in [3.63, 3.8) is 0 Å². The predicted octanol–water partition coefficient (Wildman–Crippen LogP) is 0.914. The Bertz CT molecular complexity index is 719. The molecular formula is C22H33N5O3. The molecule has 3 heterocycles. The maximum atomic E-state index is 13.1. The van der Waals surface area contributed by atoms with Crippen LogP contribution in [0.2, 0.25) is 0 Å². The maximum absolute atomic E-state index is 13.1. The van der Waals surface area contributed by atoms with Crippen molar-refractivity contribution in [2.75, 3.05) is 32.7 Å². The van der Waals surface area contributed by atoms with E-state index >= 15 is 0 Å². The van der Waals surface area contributed by atoms with Gasteiger partial charge in [-0.25, -0.2) is 0 Å².